The molecule has 2 saturated carbocycles. The van der Waals surface area contributed by atoms with Gasteiger partial charge in [0, 0.05) is 37.1 Å². The first-order valence-electron chi connectivity index (χ1n) is 14.3. The number of benzene rings is 1. The van der Waals surface area contributed by atoms with E-state index in [-0.39, 0.29) is 35.2 Å². The molecule has 5 N–H and O–H groups in total. The molecule has 2 amide bonds. The molecule has 3 fully saturated rings. The Kier molecular flexibility index (Phi) is 8.08. The molecular weight excluding hydrogens is 572 g/mol. The molecule has 4 aliphatic rings. The van der Waals surface area contributed by atoms with Gasteiger partial charge in [-0.25, -0.2) is 14.6 Å². The van der Waals surface area contributed by atoms with Crippen LogP contribution in [0.2, 0.25) is 5.02 Å². The van der Waals surface area contributed by atoms with E-state index in [1.165, 1.54) is 7.05 Å². The maximum atomic E-state index is 14.4. The van der Waals surface area contributed by atoms with Crippen molar-refractivity contribution in [2.75, 3.05) is 26.7 Å². The highest BCUT2D eigenvalue weighted by molar-refractivity contribution is 6.31. The summed E-state index contributed by atoms with van der Waals surface area (Å²) in [5.74, 6) is 3.60. The van der Waals surface area contributed by atoms with Crippen LogP contribution in [0.1, 0.15) is 69.2 Å². The van der Waals surface area contributed by atoms with Gasteiger partial charge in [0.1, 0.15) is 24.2 Å². The fourth-order valence-electron chi connectivity index (χ4n) is 6.94. The Hall–Kier alpha value is -3.12. The molecule has 1 spiro atoms. The van der Waals surface area contributed by atoms with Crippen molar-refractivity contribution >= 4 is 29.4 Å². The molecule has 42 heavy (non-hydrogen) atoms. The van der Waals surface area contributed by atoms with Gasteiger partial charge in [0.05, 0.1) is 17.0 Å². The van der Waals surface area contributed by atoms with Crippen molar-refractivity contribution in [2.45, 2.75) is 70.9 Å². The number of carbonyl (C=O) groups excluding carboxylic acids is 2. The number of halogens is 3. The van der Waals surface area contributed by atoms with Crippen molar-refractivity contribution < 1.29 is 33.0 Å². The quantitative estimate of drug-likeness (QED) is 0.300. The summed E-state index contributed by atoms with van der Waals surface area (Å²) in [7, 11) is 1.25. The van der Waals surface area contributed by atoms with Crippen LogP contribution in [-0.4, -0.2) is 70.9 Å². The Morgan fingerprint density at radius 3 is 2.57 bits per heavy atom. The van der Waals surface area contributed by atoms with E-state index in [9.17, 15) is 28.3 Å². The van der Waals surface area contributed by atoms with Gasteiger partial charge in [0.2, 0.25) is 11.8 Å². The van der Waals surface area contributed by atoms with Crippen LogP contribution < -0.4 is 16.3 Å². The van der Waals surface area contributed by atoms with Crippen LogP contribution >= 0.6 is 11.6 Å². The summed E-state index contributed by atoms with van der Waals surface area (Å²) < 4.78 is 33.2. The number of nitrogens with zero attached hydrogens (tertiary/aromatic N) is 3. The Labute approximate surface area is 248 Å². The zero-order chi connectivity index (χ0) is 30.6. The highest BCUT2D eigenvalue weighted by atomic mass is 35.5. The standard InChI is InChI=1S/C29H38ClF2N5O5/c1-28(27(40)41)9-4-3-5-17(28)26(39)36-12-8-16-18(30)6-7-20(42-14-19(33)23(24(31)32)35(2)34)22(16)25(36)37-15-29(10-11-29)13-21(37)38/h6-7,17,24-25H,3-5,8-15,33-34H2,1-2H3,(H,40,41)/b23-19-/t17?,25?,28-/m0/s1. The van der Waals surface area contributed by atoms with Crippen LogP contribution in [0.25, 0.3) is 0 Å². The van der Waals surface area contributed by atoms with Gasteiger partial charge in [-0.3, -0.25) is 14.4 Å². The Bertz CT molecular complexity index is 1310. The second-order valence-corrected chi connectivity index (χ2v) is 12.8. The first kappa shape index (κ1) is 30.3. The average Bonchev–Trinajstić information content (AvgIpc) is 3.60. The Morgan fingerprint density at radius 2 is 1.98 bits per heavy atom. The van der Waals surface area contributed by atoms with E-state index in [0.29, 0.717) is 54.8 Å². The topological polar surface area (TPSA) is 142 Å². The highest BCUT2D eigenvalue weighted by Crippen LogP contribution is 2.56. The second kappa shape index (κ2) is 11.2. The maximum absolute atomic E-state index is 14.4. The third kappa shape index (κ3) is 5.27. The second-order valence-electron chi connectivity index (χ2n) is 12.4. The number of amides is 2. The first-order chi connectivity index (χ1) is 19.8. The van der Waals surface area contributed by atoms with E-state index in [1.807, 2.05) is 0 Å². The number of likely N-dealkylation sites (tertiary alicyclic amines) is 1. The Balaban J connectivity index is 1.58. The lowest BCUT2D eigenvalue weighted by atomic mass is 9.66. The molecule has 2 unspecified atom stereocenters. The molecule has 1 saturated heterocycles. The highest BCUT2D eigenvalue weighted by Gasteiger charge is 2.56. The largest absolute Gasteiger partial charge is 0.487 e. The van der Waals surface area contributed by atoms with Crippen LogP contribution in [0.15, 0.2) is 23.5 Å². The Morgan fingerprint density at radius 1 is 1.26 bits per heavy atom. The van der Waals surface area contributed by atoms with Gasteiger partial charge in [-0.2, -0.15) is 0 Å². The van der Waals surface area contributed by atoms with Gasteiger partial charge in [-0.15, -0.1) is 0 Å². The number of allylic oxidation sites excluding steroid dienone is 1. The van der Waals surface area contributed by atoms with Crippen molar-refractivity contribution in [1.29, 1.82) is 0 Å². The number of ether oxygens (including phenoxy) is 1. The molecule has 0 radical (unpaired) electrons. The normalized spacial score (nSPS) is 27.2. The summed E-state index contributed by atoms with van der Waals surface area (Å²) in [5.41, 5.74) is 4.93. The smallest absolute Gasteiger partial charge is 0.310 e. The number of aliphatic carboxylic acids is 1. The minimum absolute atomic E-state index is 0.108. The molecule has 2 heterocycles. The van der Waals surface area contributed by atoms with E-state index in [4.69, 9.17) is 27.9 Å². The van der Waals surface area contributed by atoms with Crippen LogP contribution in [0.4, 0.5) is 8.78 Å². The maximum Gasteiger partial charge on any atom is 0.310 e. The molecule has 230 valence electrons. The van der Waals surface area contributed by atoms with Crippen molar-refractivity contribution in [3.8, 4) is 5.75 Å². The van der Waals surface area contributed by atoms with Gasteiger partial charge in [-0.05, 0) is 62.1 Å². The number of fused-ring (bicyclic) bond motifs is 1. The number of hydrazine groups is 1. The van der Waals surface area contributed by atoms with Crippen LogP contribution in [0, 0.1) is 16.7 Å². The zero-order valence-corrected chi connectivity index (χ0v) is 24.6. The van der Waals surface area contributed by atoms with Gasteiger partial charge in [-0.1, -0.05) is 24.4 Å². The monoisotopic (exact) mass is 609 g/mol. The van der Waals surface area contributed by atoms with Crippen LogP contribution in [0.5, 0.6) is 5.75 Å². The molecule has 5 rings (SSSR count). The van der Waals surface area contributed by atoms with E-state index >= 15 is 0 Å². The number of hydrogen-bond acceptors (Lipinski definition) is 7. The molecule has 1 aromatic rings. The number of alkyl halides is 2. The van der Waals surface area contributed by atoms with Gasteiger partial charge < -0.3 is 30.4 Å². The van der Waals surface area contributed by atoms with Gasteiger partial charge in [0.15, 0.2) is 0 Å². The number of carboxylic acids is 1. The molecule has 13 heteroatoms. The summed E-state index contributed by atoms with van der Waals surface area (Å²) in [6, 6.07) is 3.21. The minimum Gasteiger partial charge on any atom is -0.487 e. The van der Waals surface area contributed by atoms with E-state index in [0.717, 1.165) is 24.3 Å². The molecule has 3 atom stereocenters. The molecule has 0 bridgehead atoms. The fraction of sp³-hybridized carbons (Fsp3) is 0.621. The molecule has 2 aliphatic heterocycles. The SMILES string of the molecule is CN(N)/C(=C(\N)COc1ccc(Cl)c2c1C(N1CC3(CC3)CC1=O)N(C(=O)C1CCCC[C@]1(C)C(=O)O)CC2)C(F)F. The van der Waals surface area contributed by atoms with E-state index in [1.54, 1.807) is 28.9 Å². The summed E-state index contributed by atoms with van der Waals surface area (Å²) >= 11 is 6.65. The molecule has 0 aromatic heterocycles. The lowest BCUT2D eigenvalue weighted by molar-refractivity contribution is -0.165. The van der Waals surface area contributed by atoms with Gasteiger partial charge >= 0.3 is 5.97 Å². The third-order valence-electron chi connectivity index (χ3n) is 9.60. The van der Waals surface area contributed by atoms with Crippen LogP contribution in [0.3, 0.4) is 0 Å². The van der Waals surface area contributed by atoms with E-state index in [2.05, 4.69) is 0 Å². The number of carbonyl (C=O) groups is 3. The molecular formula is C29H38ClF2N5O5. The lowest BCUT2D eigenvalue weighted by Crippen LogP contribution is -2.54. The molecule has 1 aromatic carbocycles. The molecule has 2 aliphatic carbocycles. The summed E-state index contributed by atoms with van der Waals surface area (Å²) in [4.78, 5) is 43.6. The zero-order valence-electron chi connectivity index (χ0n) is 23.9. The van der Waals surface area contributed by atoms with Crippen LogP contribution in [-0.2, 0) is 20.8 Å². The third-order valence-corrected chi connectivity index (χ3v) is 9.95. The van der Waals surface area contributed by atoms with Crippen molar-refractivity contribution in [2.24, 2.45) is 28.3 Å². The number of carboxylic acid groups (broad SMARTS) is 1. The lowest BCUT2D eigenvalue weighted by Gasteiger charge is -2.47. The first-order valence-corrected chi connectivity index (χ1v) is 14.7. The minimum atomic E-state index is -2.93. The van der Waals surface area contributed by atoms with E-state index < -0.39 is 42.2 Å². The van der Waals surface area contributed by atoms with Gasteiger partial charge in [0.25, 0.3) is 6.43 Å². The fourth-order valence-corrected chi connectivity index (χ4v) is 7.20. The summed E-state index contributed by atoms with van der Waals surface area (Å²) in [6.07, 6.45) is 0.963. The summed E-state index contributed by atoms with van der Waals surface area (Å²) in [5, 5.41) is 11.3. The average molecular weight is 610 g/mol. The molecule has 10 nitrogen and oxygen atoms in total. The summed E-state index contributed by atoms with van der Waals surface area (Å²) in [6.45, 7) is 1.88. The van der Waals surface area contributed by atoms with Crippen molar-refractivity contribution in [3.63, 3.8) is 0 Å². The number of nitrogens with two attached hydrogens (primary N) is 2. The number of hydrogen-bond donors (Lipinski definition) is 3. The predicted octanol–water partition coefficient (Wildman–Crippen LogP) is 3.64. The number of rotatable bonds is 8. The predicted molar refractivity (Wildman–Crippen MR) is 150 cm³/mol. The van der Waals surface area contributed by atoms with Crippen molar-refractivity contribution in [1.82, 2.24) is 14.8 Å². The van der Waals surface area contributed by atoms with Crippen molar-refractivity contribution in [3.05, 3.63) is 39.7 Å².